The van der Waals surface area contributed by atoms with Crippen LogP contribution in [0.4, 0.5) is 5.69 Å². The average Bonchev–Trinajstić information content (AvgIpc) is 3.04. The van der Waals surface area contributed by atoms with E-state index in [1.54, 1.807) is 45.0 Å². The molecule has 0 aliphatic rings. The molecule has 0 saturated carbocycles. The van der Waals surface area contributed by atoms with E-state index in [-0.39, 0.29) is 16.6 Å². The minimum absolute atomic E-state index is 0.0325. The maximum atomic E-state index is 12.9. The number of halogens is 1. The van der Waals surface area contributed by atoms with Crippen LogP contribution >= 0.6 is 22.9 Å². The van der Waals surface area contributed by atoms with Gasteiger partial charge in [0.05, 0.1) is 15.8 Å². The average molecular weight is 417 g/mol. The lowest BCUT2D eigenvalue weighted by molar-refractivity contribution is 0.103. The number of carbonyl (C=O) groups excluding carboxylic acids is 1. The van der Waals surface area contributed by atoms with E-state index >= 15 is 0 Å². The van der Waals surface area contributed by atoms with Crippen molar-refractivity contribution in [2.45, 2.75) is 25.7 Å². The first-order valence-corrected chi connectivity index (χ1v) is 10.8. The maximum absolute atomic E-state index is 12.9. The Morgan fingerprint density at radius 1 is 1.19 bits per heavy atom. The zero-order valence-corrected chi connectivity index (χ0v) is 17.2. The molecule has 2 aromatic rings. The van der Waals surface area contributed by atoms with Crippen LogP contribution in [0.5, 0.6) is 5.75 Å². The Morgan fingerprint density at radius 2 is 1.88 bits per heavy atom. The van der Waals surface area contributed by atoms with E-state index < -0.39 is 10.0 Å². The number of anilines is 1. The molecule has 1 heterocycles. The molecule has 9 heteroatoms. The molecule has 2 rings (SSSR count). The summed E-state index contributed by atoms with van der Waals surface area (Å²) in [7, 11) is -3.73. The third-order valence-electron chi connectivity index (χ3n) is 3.62. The van der Waals surface area contributed by atoms with Gasteiger partial charge < -0.3 is 10.1 Å². The first kappa shape index (κ1) is 20.7. The van der Waals surface area contributed by atoms with Crippen molar-refractivity contribution < 1.29 is 17.9 Å². The van der Waals surface area contributed by atoms with Crippen LogP contribution in [0.25, 0.3) is 0 Å². The van der Waals surface area contributed by atoms with Crippen LogP contribution in [0.2, 0.25) is 4.34 Å². The molecule has 0 aliphatic heterocycles. The van der Waals surface area contributed by atoms with Crippen molar-refractivity contribution in [3.05, 3.63) is 39.5 Å². The first-order chi connectivity index (χ1) is 12.3. The van der Waals surface area contributed by atoms with Crippen molar-refractivity contribution in [2.75, 3.05) is 25.0 Å². The second-order valence-electron chi connectivity index (χ2n) is 5.24. The number of hydrogen-bond acceptors (Lipinski definition) is 5. The van der Waals surface area contributed by atoms with E-state index in [4.69, 9.17) is 16.3 Å². The summed E-state index contributed by atoms with van der Waals surface area (Å²) in [6.07, 6.45) is 0. The number of carbonyl (C=O) groups is 1. The zero-order chi connectivity index (χ0) is 19.3. The summed E-state index contributed by atoms with van der Waals surface area (Å²) < 4.78 is 33.2. The van der Waals surface area contributed by atoms with Gasteiger partial charge in [0.2, 0.25) is 10.0 Å². The normalized spacial score (nSPS) is 11.6. The highest BCUT2D eigenvalue weighted by Gasteiger charge is 2.26. The number of sulfonamides is 1. The molecule has 1 amide bonds. The van der Waals surface area contributed by atoms with Crippen molar-refractivity contribution >= 4 is 44.6 Å². The van der Waals surface area contributed by atoms with Crippen molar-refractivity contribution in [1.29, 1.82) is 0 Å². The van der Waals surface area contributed by atoms with Gasteiger partial charge in [0.25, 0.3) is 5.91 Å². The molecule has 142 valence electrons. The van der Waals surface area contributed by atoms with E-state index in [1.165, 1.54) is 10.4 Å². The number of ether oxygens (including phenoxy) is 1. The zero-order valence-electron chi connectivity index (χ0n) is 14.8. The quantitative estimate of drug-likeness (QED) is 0.703. The fraction of sp³-hybridized carbons (Fsp3) is 0.353. The Labute approximate surface area is 162 Å². The molecule has 0 saturated heterocycles. The Bertz CT molecular complexity index is 877. The highest BCUT2D eigenvalue weighted by Crippen LogP contribution is 2.30. The molecule has 1 N–H and O–H groups in total. The van der Waals surface area contributed by atoms with Crippen LogP contribution in [0, 0.1) is 0 Å². The molecule has 1 aromatic carbocycles. The van der Waals surface area contributed by atoms with E-state index in [1.807, 2.05) is 0 Å². The topological polar surface area (TPSA) is 75.7 Å². The summed E-state index contributed by atoms with van der Waals surface area (Å²) in [5.74, 6) is -0.0891. The fourth-order valence-corrected chi connectivity index (χ4v) is 4.95. The van der Waals surface area contributed by atoms with Crippen molar-refractivity contribution in [2.24, 2.45) is 0 Å². The van der Waals surface area contributed by atoms with Gasteiger partial charge in [0.15, 0.2) is 0 Å². The van der Waals surface area contributed by atoms with Gasteiger partial charge >= 0.3 is 0 Å². The molecule has 26 heavy (non-hydrogen) atoms. The molecule has 1 aromatic heterocycles. The first-order valence-electron chi connectivity index (χ1n) is 8.17. The van der Waals surface area contributed by atoms with Crippen LogP contribution < -0.4 is 10.1 Å². The van der Waals surface area contributed by atoms with Crippen molar-refractivity contribution in [3.8, 4) is 5.75 Å². The predicted molar refractivity (Wildman–Crippen MR) is 105 cm³/mol. The van der Waals surface area contributed by atoms with Crippen LogP contribution in [0.15, 0.2) is 35.2 Å². The minimum Gasteiger partial charge on any atom is -0.492 e. The number of amides is 1. The Morgan fingerprint density at radius 3 is 2.42 bits per heavy atom. The number of benzene rings is 1. The van der Waals surface area contributed by atoms with Crippen LogP contribution in [-0.4, -0.2) is 38.3 Å². The lowest BCUT2D eigenvalue weighted by Crippen LogP contribution is -2.31. The van der Waals surface area contributed by atoms with Crippen molar-refractivity contribution in [3.63, 3.8) is 0 Å². The minimum atomic E-state index is -3.73. The number of nitrogens with zero attached hydrogens (tertiary/aromatic N) is 1. The highest BCUT2D eigenvalue weighted by atomic mass is 35.5. The van der Waals surface area contributed by atoms with E-state index in [0.29, 0.717) is 34.6 Å². The van der Waals surface area contributed by atoms with Gasteiger partial charge in [-0.3, -0.25) is 4.79 Å². The molecule has 0 bridgehead atoms. The Balaban J connectivity index is 2.40. The predicted octanol–water partition coefficient (Wildman–Crippen LogP) is 4.08. The molecule has 6 nitrogen and oxygen atoms in total. The van der Waals surface area contributed by atoms with Crippen molar-refractivity contribution in [1.82, 2.24) is 4.31 Å². The summed E-state index contributed by atoms with van der Waals surface area (Å²) in [6, 6.07) is 7.84. The number of hydrogen-bond donors (Lipinski definition) is 1. The van der Waals surface area contributed by atoms with Crippen LogP contribution in [0.3, 0.4) is 0 Å². The van der Waals surface area contributed by atoms with Gasteiger partial charge in [-0.2, -0.15) is 4.31 Å². The molecular formula is C17H21ClN2O4S2. The summed E-state index contributed by atoms with van der Waals surface area (Å²) in [4.78, 5) is 12.8. The second kappa shape index (κ2) is 8.85. The molecule has 0 radical (unpaired) electrons. The third kappa shape index (κ3) is 4.56. The third-order valence-corrected chi connectivity index (χ3v) is 6.92. The Kier molecular flexibility index (Phi) is 7.05. The van der Waals surface area contributed by atoms with Gasteiger partial charge in [-0.25, -0.2) is 8.42 Å². The van der Waals surface area contributed by atoms with E-state index in [9.17, 15) is 13.2 Å². The monoisotopic (exact) mass is 416 g/mol. The molecule has 0 spiro atoms. The molecule has 0 unspecified atom stereocenters. The Hall–Kier alpha value is -1.61. The van der Waals surface area contributed by atoms with Crippen LogP contribution in [0.1, 0.15) is 30.4 Å². The van der Waals surface area contributed by atoms with Gasteiger partial charge in [-0.1, -0.05) is 25.4 Å². The molecule has 0 aliphatic carbocycles. The summed E-state index contributed by atoms with van der Waals surface area (Å²) in [6.45, 7) is 6.34. The molecule has 0 fully saturated rings. The largest absolute Gasteiger partial charge is 0.492 e. The van der Waals surface area contributed by atoms with Gasteiger partial charge in [0, 0.05) is 18.8 Å². The maximum Gasteiger partial charge on any atom is 0.265 e. The number of nitrogens with one attached hydrogen (secondary N) is 1. The number of thiophene rings is 1. The number of rotatable bonds is 8. The van der Waals surface area contributed by atoms with Gasteiger partial charge in [-0.05, 0) is 37.3 Å². The summed E-state index contributed by atoms with van der Waals surface area (Å²) in [5, 5.41) is 2.70. The molecule has 0 atom stereocenters. The van der Waals surface area contributed by atoms with Gasteiger partial charge in [0.1, 0.15) is 10.6 Å². The molecular weight excluding hydrogens is 396 g/mol. The lowest BCUT2D eigenvalue weighted by Gasteiger charge is -2.21. The smallest absolute Gasteiger partial charge is 0.265 e. The standard InChI is InChI=1S/C17H21ClN2O4S2/c1-4-20(5-2)26(22,23)15-11-12(7-8-13(15)24-6-3)19-17(21)14-9-10-16(18)25-14/h7-11H,4-6H2,1-3H3,(H,19,21). The lowest BCUT2D eigenvalue weighted by atomic mass is 10.3. The fourth-order valence-electron chi connectivity index (χ4n) is 2.39. The van der Waals surface area contributed by atoms with Gasteiger partial charge in [-0.15, -0.1) is 11.3 Å². The SMILES string of the molecule is CCOc1ccc(NC(=O)c2ccc(Cl)s2)cc1S(=O)(=O)N(CC)CC. The summed E-state index contributed by atoms with van der Waals surface area (Å²) >= 11 is 7.00. The highest BCUT2D eigenvalue weighted by molar-refractivity contribution is 7.89. The second-order valence-corrected chi connectivity index (χ2v) is 8.86. The van der Waals surface area contributed by atoms with E-state index in [2.05, 4.69) is 5.32 Å². The summed E-state index contributed by atoms with van der Waals surface area (Å²) in [5.41, 5.74) is 0.369. The van der Waals surface area contributed by atoms with E-state index in [0.717, 1.165) is 11.3 Å². The van der Waals surface area contributed by atoms with Crippen LogP contribution in [-0.2, 0) is 10.0 Å².